The first-order chi connectivity index (χ1) is 21.1. The molecule has 0 bridgehead atoms. The zero-order chi connectivity index (χ0) is 31.1. The molecule has 230 valence electrons. The lowest BCUT2D eigenvalue weighted by Crippen LogP contribution is -2.34. The van der Waals surface area contributed by atoms with Crippen molar-refractivity contribution in [3.63, 3.8) is 0 Å². The summed E-state index contributed by atoms with van der Waals surface area (Å²) in [5, 5.41) is 24.4. The number of carboxylic acid groups (broad SMARTS) is 1. The van der Waals surface area contributed by atoms with Gasteiger partial charge in [-0.05, 0) is 79.6 Å². The summed E-state index contributed by atoms with van der Waals surface area (Å²) in [6.45, 7) is 5.85. The maximum atomic E-state index is 15.4. The summed E-state index contributed by atoms with van der Waals surface area (Å²) >= 11 is 0. The van der Waals surface area contributed by atoms with Crippen molar-refractivity contribution in [3.05, 3.63) is 64.4 Å². The molecule has 0 saturated carbocycles. The maximum absolute atomic E-state index is 15.4. The van der Waals surface area contributed by atoms with Gasteiger partial charge in [0.2, 0.25) is 5.91 Å². The van der Waals surface area contributed by atoms with Crippen molar-refractivity contribution in [2.24, 2.45) is 7.05 Å². The van der Waals surface area contributed by atoms with Crippen molar-refractivity contribution in [2.45, 2.75) is 52.2 Å². The number of hydrogen-bond acceptors (Lipinski definition) is 7. The number of aromatic nitrogens is 3. The molecule has 2 aliphatic heterocycles. The van der Waals surface area contributed by atoms with Crippen LogP contribution in [0.1, 0.15) is 53.6 Å². The van der Waals surface area contributed by atoms with Gasteiger partial charge in [-0.25, -0.2) is 9.37 Å². The van der Waals surface area contributed by atoms with Crippen molar-refractivity contribution in [1.82, 2.24) is 24.8 Å². The van der Waals surface area contributed by atoms with Crippen LogP contribution in [-0.2, 0) is 29.5 Å². The fourth-order valence-corrected chi connectivity index (χ4v) is 6.49. The van der Waals surface area contributed by atoms with E-state index in [0.29, 0.717) is 71.6 Å². The number of aryl methyl sites for hydroxylation is 2. The summed E-state index contributed by atoms with van der Waals surface area (Å²) in [6.07, 6.45) is 3.21. The molecule has 11 heteroatoms. The average Bonchev–Trinajstić information content (AvgIpc) is 3.57. The molecule has 1 fully saturated rings. The normalized spacial score (nSPS) is 15.5. The van der Waals surface area contributed by atoms with Crippen LogP contribution >= 0.6 is 0 Å². The Labute approximate surface area is 254 Å². The minimum Gasteiger partial charge on any atom is -0.490 e. The van der Waals surface area contributed by atoms with E-state index in [0.717, 1.165) is 41.8 Å². The molecular formula is C33H36FN5O5. The number of carbonyl (C=O) groups is 2. The number of nitrogens with zero attached hydrogens (tertiary/aromatic N) is 4. The lowest BCUT2D eigenvalue weighted by Gasteiger charge is -2.23. The van der Waals surface area contributed by atoms with E-state index in [1.165, 1.54) is 6.07 Å². The van der Waals surface area contributed by atoms with Crippen LogP contribution in [0.5, 0.6) is 5.75 Å². The first-order valence-corrected chi connectivity index (χ1v) is 15.0. The van der Waals surface area contributed by atoms with Crippen LogP contribution in [-0.4, -0.2) is 67.8 Å². The number of likely N-dealkylation sites (tertiary alicyclic amines) is 1. The number of halogens is 1. The van der Waals surface area contributed by atoms with Gasteiger partial charge in [-0.2, -0.15) is 0 Å². The van der Waals surface area contributed by atoms with E-state index in [4.69, 9.17) is 9.72 Å². The SMILES string of the molecule is Cc1nc2c(cc(-c3ccnc(C(O)NCCN4CCCC4=O)c3)n2C)c(-c2cc(F)c3c(c2C)CCCO3)c1CC(=O)O. The molecule has 0 aliphatic carbocycles. The number of rotatable bonds is 9. The van der Waals surface area contributed by atoms with Gasteiger partial charge in [0.15, 0.2) is 11.6 Å². The zero-order valence-electron chi connectivity index (χ0n) is 25.1. The highest BCUT2D eigenvalue weighted by Gasteiger charge is 2.27. The molecule has 3 N–H and O–H groups in total. The highest BCUT2D eigenvalue weighted by Crippen LogP contribution is 2.43. The Morgan fingerprint density at radius 3 is 2.77 bits per heavy atom. The van der Waals surface area contributed by atoms with Crippen LogP contribution in [0.3, 0.4) is 0 Å². The van der Waals surface area contributed by atoms with Gasteiger partial charge in [0, 0.05) is 61.5 Å². The molecule has 1 atom stereocenters. The molecule has 1 unspecified atom stereocenters. The number of aliphatic hydroxyl groups excluding tert-OH is 1. The molecule has 44 heavy (non-hydrogen) atoms. The van der Waals surface area contributed by atoms with Gasteiger partial charge in [-0.15, -0.1) is 0 Å². The van der Waals surface area contributed by atoms with Crippen molar-refractivity contribution in [3.8, 4) is 28.1 Å². The summed E-state index contributed by atoms with van der Waals surface area (Å²) in [6, 6.07) is 7.01. The van der Waals surface area contributed by atoms with E-state index in [-0.39, 0.29) is 18.1 Å². The first kappa shape index (κ1) is 29.7. The molecule has 0 spiro atoms. The molecule has 1 amide bonds. The minimum absolute atomic E-state index is 0.133. The third-order valence-corrected chi connectivity index (χ3v) is 8.76. The van der Waals surface area contributed by atoms with Gasteiger partial charge in [0.1, 0.15) is 11.9 Å². The molecule has 3 aromatic heterocycles. The third-order valence-electron chi connectivity index (χ3n) is 8.76. The Kier molecular flexibility index (Phi) is 8.08. The second kappa shape index (κ2) is 12.0. The monoisotopic (exact) mass is 601 g/mol. The predicted molar refractivity (Wildman–Crippen MR) is 163 cm³/mol. The molecule has 5 heterocycles. The summed E-state index contributed by atoms with van der Waals surface area (Å²) < 4.78 is 23.0. The fraction of sp³-hybridized carbons (Fsp3) is 0.394. The number of aliphatic carboxylic acids is 1. The molecule has 1 aromatic carbocycles. The van der Waals surface area contributed by atoms with E-state index in [1.807, 2.05) is 30.7 Å². The van der Waals surface area contributed by atoms with Gasteiger partial charge < -0.3 is 24.4 Å². The predicted octanol–water partition coefficient (Wildman–Crippen LogP) is 4.21. The van der Waals surface area contributed by atoms with Crippen LogP contribution in [0.25, 0.3) is 33.4 Å². The Morgan fingerprint density at radius 2 is 2.02 bits per heavy atom. The maximum Gasteiger partial charge on any atom is 0.307 e. The summed E-state index contributed by atoms with van der Waals surface area (Å²) in [5.74, 6) is -1.06. The first-order valence-electron chi connectivity index (χ1n) is 15.0. The standard InChI is InChI=1S/C33H36FN5O5/c1-18-21-6-5-13-44-31(21)25(34)15-22(18)30-23(17-29(41)42)19(2)37-32-24(30)16-27(38(32)3)20-8-9-35-26(14-20)33(43)36-10-12-39-11-4-7-28(39)40/h8-9,14-16,33,36,43H,4-7,10-13,17H2,1-3H3,(H,41,42). The number of hydrogen-bond donors (Lipinski definition) is 3. The average molecular weight is 602 g/mol. The van der Waals surface area contributed by atoms with Crippen LogP contribution in [0.15, 0.2) is 30.5 Å². The molecule has 4 aromatic rings. The lowest BCUT2D eigenvalue weighted by molar-refractivity contribution is -0.136. The van der Waals surface area contributed by atoms with E-state index in [9.17, 15) is 19.8 Å². The number of carbonyl (C=O) groups excluding carboxylic acids is 1. The van der Waals surface area contributed by atoms with Gasteiger partial charge in [-0.3, -0.25) is 19.9 Å². The molecule has 10 nitrogen and oxygen atoms in total. The smallest absolute Gasteiger partial charge is 0.307 e. The second-order valence-electron chi connectivity index (χ2n) is 11.5. The highest BCUT2D eigenvalue weighted by molar-refractivity contribution is 6.00. The van der Waals surface area contributed by atoms with Crippen LogP contribution in [0.4, 0.5) is 4.39 Å². The summed E-state index contributed by atoms with van der Waals surface area (Å²) in [4.78, 5) is 34.9. The number of fused-ring (bicyclic) bond motifs is 2. The lowest BCUT2D eigenvalue weighted by atomic mass is 9.87. The third kappa shape index (κ3) is 5.41. The van der Waals surface area contributed by atoms with E-state index >= 15 is 4.39 Å². The quantitative estimate of drug-likeness (QED) is 0.243. The van der Waals surface area contributed by atoms with Gasteiger partial charge in [0.25, 0.3) is 0 Å². The Morgan fingerprint density at radius 1 is 1.20 bits per heavy atom. The molecular weight excluding hydrogens is 565 g/mol. The van der Waals surface area contributed by atoms with Crippen LogP contribution in [0.2, 0.25) is 0 Å². The van der Waals surface area contributed by atoms with Gasteiger partial charge in [0.05, 0.1) is 24.4 Å². The number of amides is 1. The van der Waals surface area contributed by atoms with Crippen molar-refractivity contribution in [2.75, 3.05) is 26.2 Å². The van der Waals surface area contributed by atoms with Crippen molar-refractivity contribution >= 4 is 22.9 Å². The molecule has 6 rings (SSSR count). The topological polar surface area (TPSA) is 130 Å². The zero-order valence-corrected chi connectivity index (χ0v) is 25.1. The Hall–Kier alpha value is -4.35. The van der Waals surface area contributed by atoms with Crippen molar-refractivity contribution < 1.29 is 28.9 Å². The number of benzene rings is 1. The number of pyridine rings is 2. The molecule has 0 radical (unpaired) electrons. The molecule has 2 aliphatic rings. The second-order valence-corrected chi connectivity index (χ2v) is 11.5. The fourth-order valence-electron chi connectivity index (χ4n) is 6.49. The number of ether oxygens (including phenoxy) is 1. The van der Waals surface area contributed by atoms with Crippen LogP contribution < -0.4 is 10.1 Å². The minimum atomic E-state index is -1.04. The summed E-state index contributed by atoms with van der Waals surface area (Å²) in [7, 11) is 1.88. The number of carboxylic acids is 1. The highest BCUT2D eigenvalue weighted by atomic mass is 19.1. The van der Waals surface area contributed by atoms with Crippen molar-refractivity contribution in [1.29, 1.82) is 0 Å². The van der Waals surface area contributed by atoms with Gasteiger partial charge >= 0.3 is 5.97 Å². The number of nitrogens with one attached hydrogen (secondary N) is 1. The molecule has 1 saturated heterocycles. The number of aliphatic hydroxyl groups is 1. The Balaban J connectivity index is 1.42. The van der Waals surface area contributed by atoms with E-state index in [2.05, 4.69) is 10.3 Å². The van der Waals surface area contributed by atoms with E-state index < -0.39 is 18.0 Å². The summed E-state index contributed by atoms with van der Waals surface area (Å²) in [5.41, 5.74) is 6.63. The largest absolute Gasteiger partial charge is 0.490 e. The van der Waals surface area contributed by atoms with Gasteiger partial charge in [-0.1, -0.05) is 0 Å². The van der Waals surface area contributed by atoms with E-state index in [1.54, 1.807) is 24.1 Å². The Bertz CT molecular complexity index is 1780. The van der Waals surface area contributed by atoms with Crippen LogP contribution in [0, 0.1) is 19.7 Å².